The SMILES string of the molecule is CC[C@H](C)[C@H](NC(=O)[C@H](Cc1c[nH]c2ccccc12)NC(=O)[C@H](CCSC)NC(=O)[C@H](CC(C)C)NC(=O)[C@H](CC(C)C)NC(=O)[C@@H](N)CO)C(=O)N[C@H](C(=O)N[C@@H](CCC(N)=O)C(=O)N[C@@H](CS)C(N)=O)[C@@H](C)O. The largest absolute Gasteiger partial charge is 0.394 e. The number of amides is 10. The molecule has 2 aromatic rings. The average molecular weight is 1090 g/mol. The Morgan fingerprint density at radius 2 is 1.11 bits per heavy atom. The number of aromatic nitrogens is 1. The molecule has 420 valence electrons. The number of thiol groups is 1. The molecular weight excluding hydrogens is 1010 g/mol. The van der Waals surface area contributed by atoms with E-state index in [0.717, 1.165) is 10.9 Å². The molecule has 26 heteroatoms. The summed E-state index contributed by atoms with van der Waals surface area (Å²) in [5.74, 6) is -9.06. The molecule has 0 aliphatic heterocycles. The molecule has 75 heavy (non-hydrogen) atoms. The minimum Gasteiger partial charge on any atom is -0.394 e. The van der Waals surface area contributed by atoms with Crippen LogP contribution in [0.25, 0.3) is 10.9 Å². The maximum atomic E-state index is 14.7. The monoisotopic (exact) mass is 1090 g/mol. The number of rotatable bonds is 34. The van der Waals surface area contributed by atoms with Crippen molar-refractivity contribution in [3.8, 4) is 0 Å². The lowest BCUT2D eigenvalue weighted by atomic mass is 9.96. The van der Waals surface area contributed by atoms with Crippen molar-refractivity contribution in [1.29, 1.82) is 0 Å². The van der Waals surface area contributed by atoms with Gasteiger partial charge in [-0.2, -0.15) is 24.4 Å². The third-order valence-corrected chi connectivity index (χ3v) is 13.2. The van der Waals surface area contributed by atoms with Crippen molar-refractivity contribution < 1.29 is 58.2 Å². The van der Waals surface area contributed by atoms with Crippen LogP contribution < -0.4 is 59.7 Å². The summed E-state index contributed by atoms with van der Waals surface area (Å²) in [5.41, 5.74) is 17.7. The molecule has 0 aliphatic carbocycles. The number of H-pyrrole nitrogens is 1. The Kier molecular flexibility index (Phi) is 28.2. The van der Waals surface area contributed by atoms with Gasteiger partial charge in [-0.15, -0.1) is 0 Å². The van der Waals surface area contributed by atoms with Gasteiger partial charge < -0.3 is 74.9 Å². The van der Waals surface area contributed by atoms with Crippen molar-refractivity contribution in [3.05, 3.63) is 36.0 Å². The predicted octanol–water partition coefficient (Wildman–Crippen LogP) is -2.14. The summed E-state index contributed by atoms with van der Waals surface area (Å²) >= 11 is 5.40. The number of nitrogens with one attached hydrogen (secondary N) is 9. The van der Waals surface area contributed by atoms with Crippen LogP contribution in [0.3, 0.4) is 0 Å². The fourth-order valence-corrected chi connectivity index (χ4v) is 8.46. The van der Waals surface area contributed by atoms with Gasteiger partial charge >= 0.3 is 0 Å². The summed E-state index contributed by atoms with van der Waals surface area (Å²) in [6.45, 7) is 11.3. The molecule has 1 heterocycles. The highest BCUT2D eigenvalue weighted by molar-refractivity contribution is 7.98. The summed E-state index contributed by atoms with van der Waals surface area (Å²) in [7, 11) is 0. The first-order valence-electron chi connectivity index (χ1n) is 25.0. The lowest BCUT2D eigenvalue weighted by Gasteiger charge is -2.30. The van der Waals surface area contributed by atoms with E-state index in [0.29, 0.717) is 17.7 Å². The molecule has 24 nitrogen and oxygen atoms in total. The number of carbonyl (C=O) groups is 10. The molecule has 0 saturated carbocycles. The van der Waals surface area contributed by atoms with Gasteiger partial charge in [-0.05, 0) is 74.0 Å². The van der Waals surface area contributed by atoms with Crippen molar-refractivity contribution in [2.75, 3.05) is 24.4 Å². The second kappa shape index (κ2) is 32.5. The van der Waals surface area contributed by atoms with E-state index in [2.05, 4.69) is 60.1 Å². The first-order valence-corrected chi connectivity index (χ1v) is 27.0. The van der Waals surface area contributed by atoms with Gasteiger partial charge in [-0.1, -0.05) is 66.2 Å². The van der Waals surface area contributed by atoms with Crippen LogP contribution in [0.2, 0.25) is 0 Å². The van der Waals surface area contributed by atoms with E-state index in [1.54, 1.807) is 32.4 Å². The Bertz CT molecular complexity index is 2270. The normalized spacial score (nSPS) is 15.8. The molecule has 0 spiro atoms. The Balaban J connectivity index is 2.54. The average Bonchev–Trinajstić information content (AvgIpc) is 3.76. The molecule has 2 rings (SSSR count). The van der Waals surface area contributed by atoms with Crippen LogP contribution in [-0.2, 0) is 54.4 Å². The minimum atomic E-state index is -1.74. The van der Waals surface area contributed by atoms with E-state index in [4.69, 9.17) is 17.2 Å². The van der Waals surface area contributed by atoms with Crippen molar-refractivity contribution >= 4 is 94.4 Å². The minimum absolute atomic E-state index is 0.0784. The smallest absolute Gasteiger partial charge is 0.245 e. The second-order valence-electron chi connectivity index (χ2n) is 19.4. The van der Waals surface area contributed by atoms with Gasteiger partial charge in [0.2, 0.25) is 59.1 Å². The highest BCUT2D eigenvalue weighted by Crippen LogP contribution is 2.20. The highest BCUT2D eigenvalue weighted by Gasteiger charge is 2.37. The Hall–Kier alpha value is -5.96. The van der Waals surface area contributed by atoms with E-state index in [1.807, 2.05) is 45.9 Å². The van der Waals surface area contributed by atoms with Gasteiger partial charge in [0, 0.05) is 35.7 Å². The summed E-state index contributed by atoms with van der Waals surface area (Å²) < 4.78 is 0. The molecule has 11 atom stereocenters. The molecular formula is C49H80N12O12S2. The number of para-hydroxylation sites is 1. The van der Waals surface area contributed by atoms with Gasteiger partial charge in [0.1, 0.15) is 54.4 Å². The summed E-state index contributed by atoms with van der Waals surface area (Å²) in [6.07, 6.45) is 1.75. The summed E-state index contributed by atoms with van der Waals surface area (Å²) in [5, 5.41) is 41.7. The Labute approximate surface area is 447 Å². The second-order valence-corrected chi connectivity index (χ2v) is 20.8. The van der Waals surface area contributed by atoms with E-state index in [1.165, 1.54) is 18.7 Å². The number of aliphatic hydroxyl groups is 2. The molecule has 0 aliphatic rings. The first-order chi connectivity index (χ1) is 35.3. The number of thioether (sulfide) groups is 1. The topological polar surface area (TPSA) is 401 Å². The molecule has 0 unspecified atom stereocenters. The summed E-state index contributed by atoms with van der Waals surface area (Å²) in [4.78, 5) is 138. The molecule has 0 saturated heterocycles. The number of carbonyl (C=O) groups excluding carboxylic acids is 10. The van der Waals surface area contributed by atoms with Crippen molar-refractivity contribution in [1.82, 2.24) is 47.5 Å². The zero-order chi connectivity index (χ0) is 56.7. The molecule has 10 amide bonds. The van der Waals surface area contributed by atoms with E-state index < -0.39 is 132 Å². The number of benzene rings is 1. The third-order valence-electron chi connectivity index (χ3n) is 12.2. The maximum Gasteiger partial charge on any atom is 0.245 e. The third kappa shape index (κ3) is 21.7. The number of nitrogens with two attached hydrogens (primary N) is 3. The molecule has 0 bridgehead atoms. The quantitative estimate of drug-likeness (QED) is 0.0333. The zero-order valence-corrected chi connectivity index (χ0v) is 45.7. The number of aliphatic hydroxyl groups excluding tert-OH is 2. The van der Waals surface area contributed by atoms with Crippen LogP contribution in [0.15, 0.2) is 30.5 Å². The van der Waals surface area contributed by atoms with Crippen LogP contribution >= 0.6 is 24.4 Å². The summed E-state index contributed by atoms with van der Waals surface area (Å²) in [6, 6.07) is -4.87. The van der Waals surface area contributed by atoms with Gasteiger partial charge in [0.15, 0.2) is 0 Å². The van der Waals surface area contributed by atoms with Crippen LogP contribution in [0.1, 0.15) is 92.6 Å². The van der Waals surface area contributed by atoms with Gasteiger partial charge in [-0.3, -0.25) is 47.9 Å². The van der Waals surface area contributed by atoms with Crippen molar-refractivity contribution in [2.24, 2.45) is 35.0 Å². The predicted molar refractivity (Wildman–Crippen MR) is 287 cm³/mol. The van der Waals surface area contributed by atoms with Gasteiger partial charge in [-0.25, -0.2) is 0 Å². The fraction of sp³-hybridized carbons (Fsp3) is 0.633. The highest BCUT2D eigenvalue weighted by atomic mass is 32.2. The number of primary amides is 2. The lowest BCUT2D eigenvalue weighted by Crippen LogP contribution is -2.63. The number of hydrogen-bond donors (Lipinski definition) is 15. The first kappa shape index (κ1) is 65.2. The number of fused-ring (bicyclic) bond motifs is 1. The van der Waals surface area contributed by atoms with E-state index in [-0.39, 0.29) is 56.1 Å². The van der Waals surface area contributed by atoms with Crippen LogP contribution in [0, 0.1) is 17.8 Å². The molecule has 17 N–H and O–H groups in total. The number of aromatic amines is 1. The number of hydrogen-bond acceptors (Lipinski definition) is 15. The zero-order valence-electron chi connectivity index (χ0n) is 44.0. The van der Waals surface area contributed by atoms with Gasteiger partial charge in [0.25, 0.3) is 0 Å². The van der Waals surface area contributed by atoms with Gasteiger partial charge in [0.05, 0.1) is 12.7 Å². The Morgan fingerprint density at radius 3 is 1.61 bits per heavy atom. The molecule has 1 aromatic carbocycles. The Morgan fingerprint density at radius 1 is 0.640 bits per heavy atom. The van der Waals surface area contributed by atoms with Crippen LogP contribution in [-0.4, -0.2) is 159 Å². The maximum absolute atomic E-state index is 14.7. The van der Waals surface area contributed by atoms with Crippen LogP contribution in [0.4, 0.5) is 0 Å². The van der Waals surface area contributed by atoms with E-state index in [9.17, 15) is 58.2 Å². The molecule has 0 fully saturated rings. The lowest BCUT2D eigenvalue weighted by molar-refractivity contribution is -0.137. The van der Waals surface area contributed by atoms with Crippen molar-refractivity contribution in [2.45, 2.75) is 154 Å². The standard InChI is InChI=1S/C49H80N12O12S2/c1-9-26(6)39(48(72)61-40(27(7)63)49(73)55-32(14-15-38(51)64)43(67)59-37(23-74)41(52)65)60-47(71)36(20-28-21-53-31-13-11-10-12-29(28)31)58-44(68)33(16-17-75-8)54-45(69)35(19-25(4)5)57-46(70)34(18-24(2)3)56-42(66)30(50)22-62/h10-13,21,24-27,30,32-37,39-40,53,62-63,74H,9,14-20,22-23,50H2,1-8H3,(H2,51,64)(H2,52,65)(H,54,69)(H,55,73)(H,56,66)(H,57,70)(H,58,68)(H,59,67)(H,60,71)(H,61,72)/t26-,27+,30-,32-,33-,34-,35-,36-,37-,39-,40-/m0/s1. The fourth-order valence-electron chi connectivity index (χ4n) is 7.72. The van der Waals surface area contributed by atoms with E-state index >= 15 is 0 Å². The molecule has 1 aromatic heterocycles. The molecule has 0 radical (unpaired) electrons. The van der Waals surface area contributed by atoms with Crippen molar-refractivity contribution in [3.63, 3.8) is 0 Å². The van der Waals surface area contributed by atoms with Crippen LogP contribution in [0.5, 0.6) is 0 Å².